The molecule has 0 bridgehead atoms. The summed E-state index contributed by atoms with van der Waals surface area (Å²) < 4.78 is 3.49. The molecule has 0 saturated carbocycles. The molecule has 0 fully saturated rings. The molecule has 21 heavy (non-hydrogen) atoms. The van der Waals surface area contributed by atoms with Crippen molar-refractivity contribution < 1.29 is 0 Å². The lowest BCUT2D eigenvalue weighted by atomic mass is 10.1. The predicted octanol–water partition coefficient (Wildman–Crippen LogP) is 3.05. The van der Waals surface area contributed by atoms with Crippen molar-refractivity contribution in [2.75, 3.05) is 0 Å². The Morgan fingerprint density at radius 3 is 2.67 bits per heavy atom. The fraction of sp³-hybridized carbons (Fsp3) is 0.250. The largest absolute Gasteiger partial charge is 0.288 e. The normalized spacial score (nSPS) is 11.2. The van der Waals surface area contributed by atoms with E-state index < -0.39 is 0 Å². The SMILES string of the molecule is Cc1cc(=O)n(Cc2ccccc2Cl)c2c1c(C)nn2C. The van der Waals surface area contributed by atoms with Crippen LogP contribution in [0.2, 0.25) is 5.02 Å². The average molecular weight is 302 g/mol. The summed E-state index contributed by atoms with van der Waals surface area (Å²) in [6.45, 7) is 4.34. The van der Waals surface area contributed by atoms with Crippen molar-refractivity contribution in [2.24, 2.45) is 7.05 Å². The maximum atomic E-state index is 12.4. The minimum absolute atomic E-state index is 0.0390. The third-order valence-electron chi connectivity index (χ3n) is 3.73. The second kappa shape index (κ2) is 5.04. The molecule has 1 aromatic carbocycles. The van der Waals surface area contributed by atoms with E-state index in [1.165, 1.54) is 0 Å². The van der Waals surface area contributed by atoms with Gasteiger partial charge in [0.15, 0.2) is 0 Å². The number of rotatable bonds is 2. The number of halogens is 1. The first-order chi connectivity index (χ1) is 9.99. The molecule has 3 rings (SSSR count). The second-order valence-electron chi connectivity index (χ2n) is 5.25. The predicted molar refractivity (Wildman–Crippen MR) is 85.0 cm³/mol. The van der Waals surface area contributed by atoms with Crippen LogP contribution in [-0.2, 0) is 13.6 Å². The van der Waals surface area contributed by atoms with E-state index in [1.807, 2.05) is 45.2 Å². The van der Waals surface area contributed by atoms with Crippen molar-refractivity contribution in [3.63, 3.8) is 0 Å². The molecule has 0 amide bonds. The van der Waals surface area contributed by atoms with Gasteiger partial charge < -0.3 is 0 Å². The molecular weight excluding hydrogens is 286 g/mol. The smallest absolute Gasteiger partial charge is 0.252 e. The van der Waals surface area contributed by atoms with Crippen molar-refractivity contribution in [1.82, 2.24) is 14.3 Å². The minimum atomic E-state index is -0.0390. The summed E-state index contributed by atoms with van der Waals surface area (Å²) in [7, 11) is 1.86. The van der Waals surface area contributed by atoms with Gasteiger partial charge in [-0.1, -0.05) is 29.8 Å². The maximum Gasteiger partial charge on any atom is 0.252 e. The molecule has 0 atom stereocenters. The summed E-state index contributed by atoms with van der Waals surface area (Å²) in [5.74, 6) is 0. The molecule has 0 spiro atoms. The third-order valence-corrected chi connectivity index (χ3v) is 4.10. The first kappa shape index (κ1) is 13.9. The Hall–Kier alpha value is -2.07. The van der Waals surface area contributed by atoms with E-state index in [4.69, 9.17) is 11.6 Å². The summed E-state index contributed by atoms with van der Waals surface area (Å²) in [4.78, 5) is 12.4. The molecule has 0 saturated heterocycles. The van der Waals surface area contributed by atoms with Crippen molar-refractivity contribution in [1.29, 1.82) is 0 Å². The van der Waals surface area contributed by atoms with E-state index in [0.717, 1.165) is 27.9 Å². The minimum Gasteiger partial charge on any atom is -0.288 e. The number of nitrogens with zero attached hydrogens (tertiary/aromatic N) is 3. The molecule has 3 aromatic rings. The highest BCUT2D eigenvalue weighted by Crippen LogP contribution is 2.22. The van der Waals surface area contributed by atoms with Gasteiger partial charge in [0.25, 0.3) is 5.56 Å². The Bertz CT molecular complexity index is 892. The number of benzene rings is 1. The lowest BCUT2D eigenvalue weighted by Crippen LogP contribution is -2.22. The molecular formula is C16H16ClN3O. The highest BCUT2D eigenvalue weighted by molar-refractivity contribution is 6.31. The monoisotopic (exact) mass is 301 g/mol. The fourth-order valence-electron chi connectivity index (χ4n) is 2.81. The Labute approximate surface area is 127 Å². The van der Waals surface area contributed by atoms with E-state index >= 15 is 0 Å². The van der Waals surface area contributed by atoms with E-state index in [-0.39, 0.29) is 5.56 Å². The van der Waals surface area contributed by atoms with E-state index in [9.17, 15) is 4.79 Å². The van der Waals surface area contributed by atoms with Crippen LogP contribution in [0, 0.1) is 13.8 Å². The Morgan fingerprint density at radius 2 is 1.95 bits per heavy atom. The van der Waals surface area contributed by atoms with Crippen LogP contribution in [-0.4, -0.2) is 14.3 Å². The molecule has 5 heteroatoms. The zero-order valence-corrected chi connectivity index (χ0v) is 13.0. The highest BCUT2D eigenvalue weighted by Gasteiger charge is 2.14. The average Bonchev–Trinajstić information content (AvgIpc) is 2.72. The van der Waals surface area contributed by atoms with Gasteiger partial charge in [0, 0.05) is 23.5 Å². The summed E-state index contributed by atoms with van der Waals surface area (Å²) in [6, 6.07) is 9.24. The summed E-state index contributed by atoms with van der Waals surface area (Å²) in [5.41, 5.74) is 3.60. The number of fused-ring (bicyclic) bond motifs is 1. The van der Waals surface area contributed by atoms with Gasteiger partial charge in [0.05, 0.1) is 12.2 Å². The number of hydrogen-bond donors (Lipinski definition) is 0. The topological polar surface area (TPSA) is 39.8 Å². The van der Waals surface area contributed by atoms with Gasteiger partial charge in [-0.05, 0) is 31.0 Å². The third kappa shape index (κ3) is 2.25. The van der Waals surface area contributed by atoms with Gasteiger partial charge in [-0.15, -0.1) is 0 Å². The van der Waals surface area contributed by atoms with Crippen LogP contribution in [0.25, 0.3) is 11.0 Å². The zero-order chi connectivity index (χ0) is 15.1. The Kier molecular flexibility index (Phi) is 3.33. The number of hydrogen-bond acceptors (Lipinski definition) is 2. The van der Waals surface area contributed by atoms with E-state index in [2.05, 4.69) is 5.10 Å². The van der Waals surface area contributed by atoms with Crippen molar-refractivity contribution in [2.45, 2.75) is 20.4 Å². The Morgan fingerprint density at radius 1 is 1.24 bits per heavy atom. The van der Waals surface area contributed by atoms with E-state index in [0.29, 0.717) is 11.6 Å². The number of aromatic nitrogens is 3. The van der Waals surface area contributed by atoms with Crippen LogP contribution in [0.4, 0.5) is 0 Å². The van der Waals surface area contributed by atoms with Gasteiger partial charge in [-0.25, -0.2) is 0 Å². The van der Waals surface area contributed by atoms with Gasteiger partial charge in [-0.3, -0.25) is 14.0 Å². The van der Waals surface area contributed by atoms with Crippen LogP contribution in [0.5, 0.6) is 0 Å². The molecule has 0 aliphatic carbocycles. The van der Waals surface area contributed by atoms with Crippen LogP contribution < -0.4 is 5.56 Å². The maximum absolute atomic E-state index is 12.4. The van der Waals surface area contributed by atoms with Crippen molar-refractivity contribution in [3.8, 4) is 0 Å². The van der Waals surface area contributed by atoms with Crippen LogP contribution in [0.15, 0.2) is 35.1 Å². The molecule has 0 aliphatic heterocycles. The number of aryl methyl sites for hydroxylation is 3. The lowest BCUT2D eigenvalue weighted by Gasteiger charge is -2.11. The second-order valence-corrected chi connectivity index (χ2v) is 5.66. The zero-order valence-electron chi connectivity index (χ0n) is 12.2. The molecule has 0 N–H and O–H groups in total. The summed E-state index contributed by atoms with van der Waals surface area (Å²) >= 11 is 6.22. The quantitative estimate of drug-likeness (QED) is 0.730. The van der Waals surface area contributed by atoms with E-state index in [1.54, 1.807) is 15.3 Å². The van der Waals surface area contributed by atoms with Gasteiger partial charge >= 0.3 is 0 Å². The standard InChI is InChI=1S/C16H16ClN3O/c1-10-8-14(21)20(9-12-6-4-5-7-13(12)17)16-15(10)11(2)18-19(16)3/h4-8H,9H2,1-3H3. The molecule has 0 radical (unpaired) electrons. The van der Waals surface area contributed by atoms with Crippen molar-refractivity contribution >= 4 is 22.6 Å². The molecule has 2 aromatic heterocycles. The summed E-state index contributed by atoms with van der Waals surface area (Å²) in [5, 5.41) is 6.14. The fourth-order valence-corrected chi connectivity index (χ4v) is 3.00. The lowest BCUT2D eigenvalue weighted by molar-refractivity contribution is 0.709. The van der Waals surface area contributed by atoms with Crippen LogP contribution >= 0.6 is 11.6 Å². The first-order valence-corrected chi connectivity index (χ1v) is 7.14. The first-order valence-electron chi connectivity index (χ1n) is 6.76. The summed E-state index contributed by atoms with van der Waals surface area (Å²) in [6.07, 6.45) is 0. The highest BCUT2D eigenvalue weighted by atomic mass is 35.5. The van der Waals surface area contributed by atoms with Gasteiger partial charge in [-0.2, -0.15) is 5.10 Å². The van der Waals surface area contributed by atoms with Crippen molar-refractivity contribution in [3.05, 3.63) is 62.5 Å². The van der Waals surface area contributed by atoms with Gasteiger partial charge in [0.2, 0.25) is 0 Å². The molecule has 0 aliphatic rings. The van der Waals surface area contributed by atoms with Crippen LogP contribution in [0.1, 0.15) is 16.8 Å². The van der Waals surface area contributed by atoms with Crippen LogP contribution in [0.3, 0.4) is 0 Å². The molecule has 4 nitrogen and oxygen atoms in total. The number of pyridine rings is 1. The van der Waals surface area contributed by atoms with Gasteiger partial charge in [0.1, 0.15) is 5.65 Å². The molecule has 108 valence electrons. The molecule has 0 unspecified atom stereocenters. The Balaban J connectivity index is 2.28. The molecule has 2 heterocycles.